The second-order valence-corrected chi connectivity index (χ2v) is 5.52. The first kappa shape index (κ1) is 10.7. The van der Waals surface area contributed by atoms with Crippen LogP contribution in [0.5, 0.6) is 0 Å². The molecule has 0 aromatic rings. The first-order valence-corrected chi connectivity index (χ1v) is 6.05. The van der Waals surface area contributed by atoms with Crippen LogP contribution in [-0.2, 0) is 14.8 Å². The Bertz CT molecular complexity index is 278. The third kappa shape index (κ3) is 3.08. The molecule has 0 bridgehead atoms. The van der Waals surface area contributed by atoms with E-state index < -0.39 is 10.0 Å². The number of nitrogens with one attached hydrogen (secondary N) is 1. The summed E-state index contributed by atoms with van der Waals surface area (Å²) in [6, 6.07) is 0. The van der Waals surface area contributed by atoms with Crippen LogP contribution in [-0.4, -0.2) is 26.0 Å². The molecule has 0 aromatic heterocycles. The maximum absolute atomic E-state index is 11.5. The van der Waals surface area contributed by atoms with Crippen LogP contribution in [0.2, 0.25) is 0 Å². The second-order valence-electron chi connectivity index (χ2n) is 3.47. The first-order chi connectivity index (χ1) is 6.02. The van der Waals surface area contributed by atoms with Crippen molar-refractivity contribution in [2.45, 2.75) is 37.9 Å². The largest absolute Gasteiger partial charge is 0.299 e. The van der Waals surface area contributed by atoms with E-state index in [4.69, 9.17) is 0 Å². The van der Waals surface area contributed by atoms with Gasteiger partial charge in [-0.05, 0) is 19.8 Å². The van der Waals surface area contributed by atoms with Crippen molar-refractivity contribution >= 4 is 15.8 Å². The summed E-state index contributed by atoms with van der Waals surface area (Å²) < 4.78 is 25.3. The molecule has 4 nitrogen and oxygen atoms in total. The summed E-state index contributed by atoms with van der Waals surface area (Å²) in [5, 5.41) is -0.271. The monoisotopic (exact) mass is 205 g/mol. The summed E-state index contributed by atoms with van der Waals surface area (Å²) in [6.07, 6.45) is 3.41. The van der Waals surface area contributed by atoms with Gasteiger partial charge in [0.25, 0.3) is 0 Å². The van der Waals surface area contributed by atoms with E-state index >= 15 is 0 Å². The van der Waals surface area contributed by atoms with E-state index in [9.17, 15) is 13.2 Å². The van der Waals surface area contributed by atoms with Gasteiger partial charge in [-0.15, -0.1) is 0 Å². The fourth-order valence-corrected chi connectivity index (χ4v) is 3.11. The SMILES string of the molecule is CC(=O)CNS(=O)(=O)C1CCCC1. The summed E-state index contributed by atoms with van der Waals surface area (Å²) in [4.78, 5) is 10.6. The highest BCUT2D eigenvalue weighted by Crippen LogP contribution is 2.23. The normalized spacial score (nSPS) is 19.2. The number of rotatable bonds is 4. The van der Waals surface area contributed by atoms with Crippen molar-refractivity contribution in [2.75, 3.05) is 6.54 Å². The van der Waals surface area contributed by atoms with Crippen LogP contribution in [0, 0.1) is 0 Å². The highest BCUT2D eigenvalue weighted by Gasteiger charge is 2.28. The topological polar surface area (TPSA) is 63.2 Å². The molecule has 0 aromatic carbocycles. The molecule has 0 amide bonds. The lowest BCUT2D eigenvalue weighted by atomic mass is 10.4. The smallest absolute Gasteiger partial charge is 0.214 e. The lowest BCUT2D eigenvalue weighted by molar-refractivity contribution is -0.115. The van der Waals surface area contributed by atoms with Crippen molar-refractivity contribution in [1.82, 2.24) is 4.72 Å². The summed E-state index contributed by atoms with van der Waals surface area (Å²) >= 11 is 0. The lowest BCUT2D eigenvalue weighted by Crippen LogP contribution is -2.35. The third-order valence-electron chi connectivity index (χ3n) is 2.26. The standard InChI is InChI=1S/C8H15NO3S/c1-7(10)6-9-13(11,12)8-4-2-3-5-8/h8-9H,2-6H2,1H3. The molecule has 13 heavy (non-hydrogen) atoms. The summed E-state index contributed by atoms with van der Waals surface area (Å²) in [7, 11) is -3.23. The number of ketones is 1. The maximum Gasteiger partial charge on any atom is 0.214 e. The molecule has 0 spiro atoms. The fourth-order valence-electron chi connectivity index (χ4n) is 1.52. The van der Waals surface area contributed by atoms with E-state index in [1.54, 1.807) is 0 Å². The Labute approximate surface area is 78.8 Å². The van der Waals surface area contributed by atoms with Crippen molar-refractivity contribution in [3.05, 3.63) is 0 Å². The summed E-state index contributed by atoms with van der Waals surface area (Å²) in [5.41, 5.74) is 0. The minimum Gasteiger partial charge on any atom is -0.299 e. The average molecular weight is 205 g/mol. The highest BCUT2D eigenvalue weighted by atomic mass is 32.2. The molecule has 1 rings (SSSR count). The van der Waals surface area contributed by atoms with Crippen molar-refractivity contribution in [3.63, 3.8) is 0 Å². The van der Waals surface area contributed by atoms with Crippen LogP contribution in [0.3, 0.4) is 0 Å². The van der Waals surface area contributed by atoms with Gasteiger partial charge >= 0.3 is 0 Å². The van der Waals surface area contributed by atoms with Gasteiger partial charge in [0, 0.05) is 0 Å². The molecule has 1 saturated carbocycles. The van der Waals surface area contributed by atoms with Crippen LogP contribution in [0.25, 0.3) is 0 Å². The van der Waals surface area contributed by atoms with Gasteiger partial charge in [0.2, 0.25) is 10.0 Å². The van der Waals surface area contributed by atoms with E-state index in [0.717, 1.165) is 25.7 Å². The van der Waals surface area contributed by atoms with E-state index in [2.05, 4.69) is 4.72 Å². The lowest BCUT2D eigenvalue weighted by Gasteiger charge is -2.10. The maximum atomic E-state index is 11.5. The minimum atomic E-state index is -3.23. The minimum absolute atomic E-state index is 0.0706. The predicted octanol–water partition coefficient (Wildman–Crippen LogP) is 0.437. The number of carbonyl (C=O) groups excluding carboxylic acids is 1. The van der Waals surface area contributed by atoms with Gasteiger partial charge in [0.1, 0.15) is 5.78 Å². The zero-order valence-corrected chi connectivity index (χ0v) is 8.56. The highest BCUT2D eigenvalue weighted by molar-refractivity contribution is 7.90. The molecule has 76 valence electrons. The van der Waals surface area contributed by atoms with Crippen LogP contribution < -0.4 is 4.72 Å². The molecule has 0 unspecified atom stereocenters. The first-order valence-electron chi connectivity index (χ1n) is 4.50. The fraction of sp³-hybridized carbons (Fsp3) is 0.875. The van der Waals surface area contributed by atoms with Gasteiger partial charge in [0.15, 0.2) is 0 Å². The molecule has 0 radical (unpaired) electrons. The molecule has 1 fully saturated rings. The number of carbonyl (C=O) groups is 1. The Hall–Kier alpha value is -0.420. The Morgan fingerprint density at radius 2 is 1.92 bits per heavy atom. The quantitative estimate of drug-likeness (QED) is 0.724. The molecule has 0 saturated heterocycles. The van der Waals surface area contributed by atoms with Gasteiger partial charge in [-0.2, -0.15) is 0 Å². The number of sulfonamides is 1. The van der Waals surface area contributed by atoms with E-state index in [1.807, 2.05) is 0 Å². The molecular weight excluding hydrogens is 190 g/mol. The molecular formula is C8H15NO3S. The molecule has 5 heteroatoms. The van der Waals surface area contributed by atoms with Crippen LogP contribution in [0.4, 0.5) is 0 Å². The Morgan fingerprint density at radius 1 is 1.38 bits per heavy atom. The third-order valence-corrected chi connectivity index (χ3v) is 4.16. The Kier molecular flexibility index (Phi) is 3.44. The van der Waals surface area contributed by atoms with Gasteiger partial charge in [-0.1, -0.05) is 12.8 Å². The van der Waals surface area contributed by atoms with Crippen molar-refractivity contribution in [3.8, 4) is 0 Å². The zero-order chi connectivity index (χ0) is 9.90. The van der Waals surface area contributed by atoms with E-state index in [0.29, 0.717) is 0 Å². The zero-order valence-electron chi connectivity index (χ0n) is 7.75. The molecule has 0 aliphatic heterocycles. The van der Waals surface area contributed by atoms with Crippen LogP contribution in [0.15, 0.2) is 0 Å². The van der Waals surface area contributed by atoms with E-state index in [-0.39, 0.29) is 17.6 Å². The van der Waals surface area contributed by atoms with Gasteiger partial charge in [-0.3, -0.25) is 4.79 Å². The molecule has 0 atom stereocenters. The number of hydrogen-bond donors (Lipinski definition) is 1. The Morgan fingerprint density at radius 3 is 2.38 bits per heavy atom. The van der Waals surface area contributed by atoms with Gasteiger partial charge in [-0.25, -0.2) is 13.1 Å². The Balaban J connectivity index is 2.50. The van der Waals surface area contributed by atoms with Gasteiger partial charge < -0.3 is 0 Å². The molecule has 1 N–H and O–H groups in total. The van der Waals surface area contributed by atoms with Gasteiger partial charge in [0.05, 0.1) is 11.8 Å². The van der Waals surface area contributed by atoms with E-state index in [1.165, 1.54) is 6.92 Å². The number of hydrogen-bond acceptors (Lipinski definition) is 3. The summed E-state index contributed by atoms with van der Waals surface area (Å²) in [6.45, 7) is 1.30. The summed E-state index contributed by atoms with van der Waals surface area (Å²) in [5.74, 6) is -0.151. The molecule has 1 aliphatic rings. The number of Topliss-reactive ketones (excluding diaryl/α,β-unsaturated/α-hetero) is 1. The molecule has 1 aliphatic carbocycles. The average Bonchev–Trinajstić information content (AvgIpc) is 2.53. The predicted molar refractivity (Wildman–Crippen MR) is 49.9 cm³/mol. The molecule has 0 heterocycles. The second kappa shape index (κ2) is 4.19. The van der Waals surface area contributed by atoms with Crippen molar-refractivity contribution in [1.29, 1.82) is 0 Å². The van der Waals surface area contributed by atoms with Crippen molar-refractivity contribution in [2.24, 2.45) is 0 Å². The van der Waals surface area contributed by atoms with Crippen LogP contribution in [0.1, 0.15) is 32.6 Å². The van der Waals surface area contributed by atoms with Crippen LogP contribution >= 0.6 is 0 Å². The van der Waals surface area contributed by atoms with Crippen molar-refractivity contribution < 1.29 is 13.2 Å².